The Balaban J connectivity index is 2.31. The average Bonchev–Trinajstić information content (AvgIpc) is 2.40. The van der Waals surface area contributed by atoms with E-state index in [0.717, 1.165) is 6.07 Å². The van der Waals surface area contributed by atoms with E-state index in [1.165, 1.54) is 30.6 Å². The molecule has 0 fully saturated rings. The molecule has 0 saturated heterocycles. The highest BCUT2D eigenvalue weighted by Crippen LogP contribution is 2.35. The van der Waals surface area contributed by atoms with E-state index < -0.39 is 17.6 Å². The van der Waals surface area contributed by atoms with Crippen molar-refractivity contribution in [2.45, 2.75) is 6.18 Å². The number of halogens is 5. The van der Waals surface area contributed by atoms with Crippen LogP contribution in [0.15, 0.2) is 45.6 Å². The van der Waals surface area contributed by atoms with Gasteiger partial charge < -0.3 is 5.32 Å². The molecule has 1 heterocycles. The first-order chi connectivity index (χ1) is 9.79. The fourth-order valence-electron chi connectivity index (χ4n) is 1.55. The van der Waals surface area contributed by atoms with E-state index in [4.69, 9.17) is 0 Å². The first kappa shape index (κ1) is 16.0. The van der Waals surface area contributed by atoms with Crippen molar-refractivity contribution in [2.24, 2.45) is 0 Å². The normalized spacial score (nSPS) is 11.3. The number of pyridine rings is 1. The van der Waals surface area contributed by atoms with Crippen LogP contribution in [0.25, 0.3) is 0 Å². The van der Waals surface area contributed by atoms with Crippen LogP contribution in [0.1, 0.15) is 15.9 Å². The van der Waals surface area contributed by atoms with E-state index >= 15 is 0 Å². The zero-order valence-electron chi connectivity index (χ0n) is 10.2. The summed E-state index contributed by atoms with van der Waals surface area (Å²) in [5.41, 5.74) is -0.565. The van der Waals surface area contributed by atoms with Crippen LogP contribution >= 0.6 is 31.9 Å². The van der Waals surface area contributed by atoms with Gasteiger partial charge in [0.15, 0.2) is 0 Å². The number of nitrogens with one attached hydrogen (secondary N) is 1. The van der Waals surface area contributed by atoms with Crippen LogP contribution in [0, 0.1) is 0 Å². The minimum atomic E-state index is -4.54. The molecule has 0 atom stereocenters. The Labute approximate surface area is 134 Å². The van der Waals surface area contributed by atoms with Gasteiger partial charge in [0.1, 0.15) is 0 Å². The van der Waals surface area contributed by atoms with Gasteiger partial charge in [0.05, 0.1) is 15.7 Å². The minimum Gasteiger partial charge on any atom is -0.321 e. The number of carbonyl (C=O) groups excluding carboxylic acids is 1. The first-order valence-corrected chi connectivity index (χ1v) is 7.15. The topological polar surface area (TPSA) is 42.0 Å². The van der Waals surface area contributed by atoms with E-state index in [9.17, 15) is 18.0 Å². The van der Waals surface area contributed by atoms with Crippen molar-refractivity contribution in [3.63, 3.8) is 0 Å². The van der Waals surface area contributed by atoms with Crippen molar-refractivity contribution in [3.05, 3.63) is 56.7 Å². The van der Waals surface area contributed by atoms with Gasteiger partial charge in [-0.1, -0.05) is 15.9 Å². The van der Waals surface area contributed by atoms with Crippen molar-refractivity contribution in [2.75, 3.05) is 5.32 Å². The Hall–Kier alpha value is -1.41. The summed E-state index contributed by atoms with van der Waals surface area (Å²) in [6.45, 7) is 0. The highest BCUT2D eigenvalue weighted by Gasteiger charge is 2.33. The molecule has 0 spiro atoms. The van der Waals surface area contributed by atoms with Crippen molar-refractivity contribution >= 4 is 43.5 Å². The quantitative estimate of drug-likeness (QED) is 0.748. The lowest BCUT2D eigenvalue weighted by Crippen LogP contribution is -2.14. The van der Waals surface area contributed by atoms with Crippen molar-refractivity contribution in [3.8, 4) is 0 Å². The summed E-state index contributed by atoms with van der Waals surface area (Å²) in [6, 6.07) is 4.84. The van der Waals surface area contributed by atoms with Crippen molar-refractivity contribution in [1.29, 1.82) is 0 Å². The molecule has 1 amide bonds. The Morgan fingerprint density at radius 2 is 1.86 bits per heavy atom. The summed E-state index contributed by atoms with van der Waals surface area (Å²) in [5.74, 6) is -0.639. The predicted octanol–water partition coefficient (Wildman–Crippen LogP) is 4.88. The number of benzene rings is 1. The number of anilines is 1. The lowest BCUT2D eigenvalue weighted by Gasteiger charge is -2.11. The van der Waals surface area contributed by atoms with Gasteiger partial charge >= 0.3 is 6.18 Å². The third kappa shape index (κ3) is 3.82. The molecule has 0 aliphatic rings. The smallest absolute Gasteiger partial charge is 0.321 e. The van der Waals surface area contributed by atoms with E-state index in [1.54, 1.807) is 0 Å². The summed E-state index contributed by atoms with van der Waals surface area (Å²) in [6.07, 6.45) is -1.60. The molecule has 0 aliphatic carbocycles. The van der Waals surface area contributed by atoms with Gasteiger partial charge in [-0.05, 0) is 40.2 Å². The Morgan fingerprint density at radius 3 is 2.48 bits per heavy atom. The molecule has 1 aromatic carbocycles. The molecule has 110 valence electrons. The molecule has 1 N–H and O–H groups in total. The van der Waals surface area contributed by atoms with Gasteiger partial charge in [0.25, 0.3) is 5.91 Å². The van der Waals surface area contributed by atoms with Crippen molar-refractivity contribution < 1.29 is 18.0 Å². The first-order valence-electron chi connectivity index (χ1n) is 5.56. The number of alkyl halides is 3. The van der Waals surface area contributed by atoms with E-state index in [0.29, 0.717) is 10.2 Å². The number of hydrogen-bond donors (Lipinski definition) is 1. The van der Waals surface area contributed by atoms with Crippen LogP contribution in [0.5, 0.6) is 0 Å². The van der Waals surface area contributed by atoms with Gasteiger partial charge in [-0.15, -0.1) is 0 Å². The van der Waals surface area contributed by atoms with Crippen molar-refractivity contribution in [1.82, 2.24) is 4.98 Å². The zero-order chi connectivity index (χ0) is 15.6. The summed E-state index contributed by atoms with van der Waals surface area (Å²) >= 11 is 6.02. The lowest BCUT2D eigenvalue weighted by atomic mass is 10.1. The Bertz CT molecular complexity index is 689. The predicted molar refractivity (Wildman–Crippen MR) is 79.0 cm³/mol. The second-order valence-electron chi connectivity index (χ2n) is 4.00. The molecule has 21 heavy (non-hydrogen) atoms. The van der Waals surface area contributed by atoms with E-state index in [2.05, 4.69) is 42.2 Å². The fourth-order valence-corrected chi connectivity index (χ4v) is 2.38. The molecule has 0 radical (unpaired) electrons. The number of carbonyl (C=O) groups is 1. The summed E-state index contributed by atoms with van der Waals surface area (Å²) < 4.78 is 38.8. The molecule has 0 bridgehead atoms. The van der Waals surface area contributed by atoms with Crippen LogP contribution in [0.4, 0.5) is 18.9 Å². The molecule has 1 aromatic heterocycles. The molecule has 0 unspecified atom stereocenters. The molecular formula is C13H7Br2F3N2O. The zero-order valence-corrected chi connectivity index (χ0v) is 13.4. The van der Waals surface area contributed by atoms with Gasteiger partial charge in [0, 0.05) is 22.4 Å². The molecule has 3 nitrogen and oxygen atoms in total. The van der Waals surface area contributed by atoms with E-state index in [-0.39, 0.29) is 10.0 Å². The van der Waals surface area contributed by atoms with Gasteiger partial charge in [0.2, 0.25) is 0 Å². The fraction of sp³-hybridized carbons (Fsp3) is 0.0769. The molecule has 0 saturated carbocycles. The molecule has 2 aromatic rings. The summed E-state index contributed by atoms with van der Waals surface area (Å²) in [4.78, 5) is 15.9. The van der Waals surface area contributed by atoms with Crippen LogP contribution in [0.3, 0.4) is 0 Å². The molecular weight excluding hydrogens is 417 g/mol. The van der Waals surface area contributed by atoms with Crippen LogP contribution in [0.2, 0.25) is 0 Å². The minimum absolute atomic E-state index is 0.0887. The lowest BCUT2D eigenvalue weighted by molar-refractivity contribution is -0.138. The van der Waals surface area contributed by atoms with Crippen LogP contribution < -0.4 is 5.32 Å². The maximum Gasteiger partial charge on any atom is 0.417 e. The molecule has 0 aliphatic heterocycles. The number of nitrogens with zero attached hydrogens (tertiary/aromatic N) is 1. The number of aromatic nitrogens is 1. The molecule has 8 heteroatoms. The average molecular weight is 424 g/mol. The SMILES string of the molecule is O=C(Nc1ccncc1Br)c1ccc(Br)c(C(F)(F)F)c1. The Morgan fingerprint density at radius 1 is 1.14 bits per heavy atom. The summed E-state index contributed by atoms with van der Waals surface area (Å²) in [7, 11) is 0. The number of amides is 1. The van der Waals surface area contributed by atoms with Crippen LogP contribution in [-0.4, -0.2) is 10.9 Å². The number of hydrogen-bond acceptors (Lipinski definition) is 2. The maximum absolute atomic E-state index is 12.8. The molecule has 2 rings (SSSR count). The number of rotatable bonds is 2. The van der Waals surface area contributed by atoms with E-state index in [1.807, 2.05) is 0 Å². The second-order valence-corrected chi connectivity index (χ2v) is 5.71. The monoisotopic (exact) mass is 422 g/mol. The van der Waals surface area contributed by atoms with Crippen LogP contribution in [-0.2, 0) is 6.18 Å². The van der Waals surface area contributed by atoms with Gasteiger partial charge in [-0.2, -0.15) is 13.2 Å². The largest absolute Gasteiger partial charge is 0.417 e. The third-order valence-corrected chi connectivity index (χ3v) is 3.88. The van der Waals surface area contributed by atoms with Gasteiger partial charge in [-0.25, -0.2) is 0 Å². The highest BCUT2D eigenvalue weighted by molar-refractivity contribution is 9.10. The summed E-state index contributed by atoms with van der Waals surface area (Å²) in [5, 5.41) is 2.52. The third-order valence-electron chi connectivity index (χ3n) is 2.55. The maximum atomic E-state index is 12.8. The standard InChI is InChI=1S/C13H7Br2F3N2O/c14-9-2-1-7(5-8(9)13(16,17)18)12(21)20-11-3-4-19-6-10(11)15/h1-6H,(H,19,20,21). The Kier molecular flexibility index (Phi) is 4.67. The second kappa shape index (κ2) is 6.15. The highest BCUT2D eigenvalue weighted by atomic mass is 79.9. The van der Waals surface area contributed by atoms with Gasteiger partial charge in [-0.3, -0.25) is 9.78 Å².